The van der Waals surface area contributed by atoms with Gasteiger partial charge in [-0.05, 0) is 151 Å². The lowest BCUT2D eigenvalue weighted by atomic mass is 9.63. The van der Waals surface area contributed by atoms with Crippen molar-refractivity contribution in [1.82, 2.24) is 9.55 Å². The Balaban J connectivity index is 0.960. The summed E-state index contributed by atoms with van der Waals surface area (Å²) in [5.74, 6) is 1.52. The molecule has 0 bridgehead atoms. The summed E-state index contributed by atoms with van der Waals surface area (Å²) in [5, 5.41) is 1.10. The first kappa shape index (κ1) is 45.0. The van der Waals surface area contributed by atoms with Crippen molar-refractivity contribution < 1.29 is 13.0 Å². The third-order valence-corrected chi connectivity index (χ3v) is 16.6. The number of rotatable bonds is 10. The van der Waals surface area contributed by atoms with E-state index < -0.39 is 6.37 Å². The number of nitrogens with zero attached hydrogens (tertiary/aromatic N) is 4. The van der Waals surface area contributed by atoms with Crippen LogP contribution >= 0.6 is 0 Å². The molecular weight excluding hydrogens is 961 g/mol. The molecule has 5 nitrogen and oxygen atoms in total. The monoisotopic (exact) mass is 1040 g/mol. The Morgan fingerprint density at radius 3 is 1.96 bits per heavy atom. The molecule has 8 aromatic carbocycles. The number of hydrogen-bond donors (Lipinski definition) is 0. The molecule has 398 valence electrons. The normalized spacial score (nSPS) is 16.3. The molecule has 12 rings (SSSR count). The molecule has 0 saturated carbocycles. The minimum atomic E-state index is -1.50. The van der Waals surface area contributed by atoms with Crippen molar-refractivity contribution >= 4 is 44.6 Å². The van der Waals surface area contributed by atoms with Crippen LogP contribution in [0.4, 0.5) is 22.7 Å². The molecule has 2 aliphatic rings. The fourth-order valence-corrected chi connectivity index (χ4v) is 12.0. The molecule has 0 spiro atoms. The molecule has 0 amide bonds. The van der Waals surface area contributed by atoms with Gasteiger partial charge in [0.25, 0.3) is 0 Å². The molecule has 0 atom stereocenters. The molecule has 0 radical (unpaired) electrons. The van der Waals surface area contributed by atoms with Crippen LogP contribution in [0, 0.1) is 5.92 Å². The Labute approximate surface area is 478 Å². The van der Waals surface area contributed by atoms with Crippen LogP contribution < -0.4 is 14.5 Å². The Morgan fingerprint density at radius 1 is 0.570 bits per heavy atom. The van der Waals surface area contributed by atoms with E-state index >= 15 is 0 Å². The summed E-state index contributed by atoms with van der Waals surface area (Å²) in [5.41, 5.74) is 17.1. The van der Waals surface area contributed by atoms with Crippen LogP contribution in [0.15, 0.2) is 188 Å². The van der Waals surface area contributed by atoms with Crippen LogP contribution in [0.5, 0.6) is 11.5 Å². The number of hydrogen-bond acceptors (Lipinski definition) is 4. The van der Waals surface area contributed by atoms with Gasteiger partial charge >= 0.3 is 0 Å². The first-order chi connectivity index (χ1) is 40.1. The third-order valence-electron chi connectivity index (χ3n) is 16.6. The molecular formula is C74H76N4O. The molecule has 1 aliphatic carbocycles. The van der Waals surface area contributed by atoms with Gasteiger partial charge in [-0.15, -0.1) is 0 Å². The minimum absolute atomic E-state index is 0.00639. The van der Waals surface area contributed by atoms with Gasteiger partial charge in [0.15, 0.2) is 0 Å². The molecule has 1 aliphatic heterocycles. The first-order valence-corrected chi connectivity index (χ1v) is 28.1. The second-order valence-corrected chi connectivity index (χ2v) is 25.6. The second-order valence-electron chi connectivity index (χ2n) is 25.6. The largest absolute Gasteiger partial charge is 0.457 e. The van der Waals surface area contributed by atoms with Crippen molar-refractivity contribution in [3.63, 3.8) is 0 Å². The van der Waals surface area contributed by atoms with Gasteiger partial charge in [-0.2, -0.15) is 0 Å². The Kier molecular flexibility index (Phi) is 11.1. The molecule has 79 heavy (non-hydrogen) atoms. The average molecular weight is 1040 g/mol. The van der Waals surface area contributed by atoms with Gasteiger partial charge < -0.3 is 14.5 Å². The molecule has 3 heterocycles. The van der Waals surface area contributed by atoms with Gasteiger partial charge in [-0.25, -0.2) is 4.98 Å². The summed E-state index contributed by atoms with van der Waals surface area (Å²) < 4.78 is 62.5. The lowest BCUT2D eigenvalue weighted by Crippen LogP contribution is -2.33. The van der Waals surface area contributed by atoms with Crippen LogP contribution in [-0.4, -0.2) is 16.2 Å². The number of aromatic nitrogens is 2. The van der Waals surface area contributed by atoms with Gasteiger partial charge in [0, 0.05) is 48.7 Å². The predicted molar refractivity (Wildman–Crippen MR) is 335 cm³/mol. The molecule has 5 heteroatoms. The van der Waals surface area contributed by atoms with Crippen molar-refractivity contribution in [1.29, 1.82) is 0 Å². The van der Waals surface area contributed by atoms with Gasteiger partial charge in [-0.1, -0.05) is 198 Å². The summed E-state index contributed by atoms with van der Waals surface area (Å²) in [6, 6.07) is 54.7. The third kappa shape index (κ3) is 9.70. The van der Waals surface area contributed by atoms with Gasteiger partial charge in [0.2, 0.25) is 0 Å². The maximum atomic E-state index is 9.16. The van der Waals surface area contributed by atoms with Gasteiger partial charge in [0.1, 0.15) is 24.0 Å². The highest BCUT2D eigenvalue weighted by atomic mass is 16.5. The Hall–Kier alpha value is -7.89. The van der Waals surface area contributed by atoms with Crippen LogP contribution in [-0.2, 0) is 28.0 Å². The predicted octanol–water partition coefficient (Wildman–Crippen LogP) is 20.4. The number of benzene rings is 8. The quantitative estimate of drug-likeness (QED) is 0.137. The van der Waals surface area contributed by atoms with E-state index in [4.69, 9.17) is 17.9 Å². The zero-order valence-electron chi connectivity index (χ0n) is 54.0. The molecule has 0 saturated heterocycles. The van der Waals surface area contributed by atoms with Crippen LogP contribution in [0.2, 0.25) is 0 Å². The fraction of sp³-hybridized carbons (Fsp3) is 0.284. The van der Waals surface area contributed by atoms with Gasteiger partial charge in [0.05, 0.1) is 33.6 Å². The standard InChI is InChI=1S/C74H76N4O/c1-48(2)39-49-40-53(42-55(41-49)72(6,7)8)50-27-29-51(30-28-50)59-22-18-23-60(52-31-34-63-64(43-52)74(11,12)37-36-73(63,9)10)70(59)77-47-76(66-25-15-16-26-67(66)77)56-19-17-20-57(45-56)79-58-32-33-62-61-21-13-14-24-65(61)78(68(62)46-58)69-44-54(35-38-75-69)71(3,4)5/h13-35,38,40-46,48H,36-37,39,47H2,1-12H3/i13D,14D,21D,24D,39D2. The van der Waals surface area contributed by atoms with E-state index in [1.807, 2.05) is 66.9 Å². The Morgan fingerprint density at radius 2 is 1.23 bits per heavy atom. The summed E-state index contributed by atoms with van der Waals surface area (Å²) in [6.07, 6.45) is 2.51. The number of anilines is 4. The smallest absolute Gasteiger partial charge is 0.137 e. The van der Waals surface area contributed by atoms with E-state index in [-0.39, 0.29) is 51.7 Å². The minimum Gasteiger partial charge on any atom is -0.457 e. The number of ether oxygens (including phenoxy) is 1. The van der Waals surface area contributed by atoms with E-state index in [0.717, 1.165) is 74.5 Å². The summed E-state index contributed by atoms with van der Waals surface area (Å²) in [4.78, 5) is 9.60. The number of pyridine rings is 1. The summed E-state index contributed by atoms with van der Waals surface area (Å²) in [7, 11) is 0. The zero-order valence-corrected chi connectivity index (χ0v) is 48.0. The summed E-state index contributed by atoms with van der Waals surface area (Å²) >= 11 is 0. The lowest BCUT2D eigenvalue weighted by molar-refractivity contribution is 0.332. The highest BCUT2D eigenvalue weighted by Gasteiger charge is 2.38. The molecule has 0 unspecified atom stereocenters. The molecule has 10 aromatic rings. The van der Waals surface area contributed by atoms with E-state index in [9.17, 15) is 0 Å². The molecule has 2 aromatic heterocycles. The van der Waals surface area contributed by atoms with E-state index in [1.165, 1.54) is 16.7 Å². The lowest BCUT2D eigenvalue weighted by Gasteiger charge is -2.42. The second kappa shape index (κ2) is 19.5. The van der Waals surface area contributed by atoms with Crippen LogP contribution in [0.1, 0.15) is 132 Å². The molecule has 0 fully saturated rings. The van der Waals surface area contributed by atoms with Crippen LogP contribution in [0.25, 0.3) is 61.0 Å². The fourth-order valence-electron chi connectivity index (χ4n) is 12.0. The maximum Gasteiger partial charge on any atom is 0.137 e. The van der Waals surface area contributed by atoms with Crippen molar-refractivity contribution in [2.45, 2.75) is 124 Å². The van der Waals surface area contributed by atoms with E-state index in [1.54, 1.807) is 6.20 Å². The topological polar surface area (TPSA) is 33.5 Å². The maximum absolute atomic E-state index is 9.16. The van der Waals surface area contributed by atoms with Gasteiger partial charge in [-0.3, -0.25) is 4.57 Å². The summed E-state index contributed by atoms with van der Waals surface area (Å²) in [6.45, 7) is 26.9. The van der Waals surface area contributed by atoms with Crippen molar-refractivity contribution in [2.24, 2.45) is 5.92 Å². The van der Waals surface area contributed by atoms with Crippen LogP contribution in [0.3, 0.4) is 0 Å². The highest BCUT2D eigenvalue weighted by molar-refractivity contribution is 6.09. The van der Waals surface area contributed by atoms with E-state index in [0.29, 0.717) is 51.4 Å². The number of fused-ring (bicyclic) bond motifs is 5. The Bertz CT molecular complexity index is 4290. The SMILES string of the molecule is [2H]c1c([2H])c([2H])c2c(c1[2H])c1ccc(Oc3cccc(N4CN(c5c(-c6ccc(-c7cc(C(C)(C)C)cc(C([2H])([2H])C(C)C)c7)cc6)cccc5-c5ccc6c(c5)C(C)(C)CCC6(C)C)c5ccccc54)c3)cc1n2-c1cc(C(C)(C)C)ccn1. The van der Waals surface area contributed by atoms with E-state index in [2.05, 4.69) is 188 Å². The zero-order chi connectivity index (χ0) is 60.4. The van der Waals surface area contributed by atoms with Crippen molar-refractivity contribution in [2.75, 3.05) is 16.5 Å². The highest BCUT2D eigenvalue weighted by Crippen LogP contribution is 2.53. The van der Waals surface area contributed by atoms with Crippen molar-refractivity contribution in [3.05, 3.63) is 216 Å². The van der Waals surface area contributed by atoms with Crippen molar-refractivity contribution in [3.8, 4) is 50.7 Å². The first-order valence-electron chi connectivity index (χ1n) is 31.1. The average Bonchev–Trinajstić information content (AvgIpc) is 2.35. The number of para-hydroxylation sites is 4. The molecule has 0 N–H and O–H groups in total.